The van der Waals surface area contributed by atoms with Crippen molar-refractivity contribution in [1.29, 1.82) is 0 Å². The highest BCUT2D eigenvalue weighted by molar-refractivity contribution is 14.0. The van der Waals surface area contributed by atoms with Crippen molar-refractivity contribution in [3.63, 3.8) is 0 Å². The molecule has 2 N–H and O–H groups in total. The second kappa shape index (κ2) is 9.55. The highest BCUT2D eigenvalue weighted by Crippen LogP contribution is 2.52. The number of methoxy groups -OCH3 is 1. The average Bonchev–Trinajstić information content (AvgIpc) is 3.40. The highest BCUT2D eigenvalue weighted by atomic mass is 127. The molecule has 4 rings (SSSR count). The van der Waals surface area contributed by atoms with Crippen molar-refractivity contribution in [2.75, 3.05) is 27.2 Å². The lowest BCUT2D eigenvalue weighted by Gasteiger charge is -2.19. The maximum Gasteiger partial charge on any atom is 0.233 e. The number of aliphatic imine (C=N–C) groups is 1. The molecule has 162 valence electrons. The van der Waals surface area contributed by atoms with Gasteiger partial charge in [0.05, 0.1) is 18.9 Å². The van der Waals surface area contributed by atoms with Gasteiger partial charge in [-0.1, -0.05) is 29.8 Å². The lowest BCUT2D eigenvalue weighted by Crippen LogP contribution is -2.43. The zero-order valence-electron chi connectivity index (χ0n) is 16.9. The third-order valence-corrected chi connectivity index (χ3v) is 6.34. The molecule has 2 amide bonds. The zero-order chi connectivity index (χ0) is 20.5. The van der Waals surface area contributed by atoms with E-state index in [-0.39, 0.29) is 59.5 Å². The number of allylic oxidation sites excluding steroid dienone is 2. The topological polar surface area (TPSA) is 83.0 Å². The van der Waals surface area contributed by atoms with Gasteiger partial charge in [-0.3, -0.25) is 19.5 Å². The molecule has 1 aromatic carbocycles. The average molecular weight is 545 g/mol. The van der Waals surface area contributed by atoms with Crippen LogP contribution in [0.15, 0.2) is 35.3 Å². The summed E-state index contributed by atoms with van der Waals surface area (Å²) < 4.78 is 5.35. The first-order chi connectivity index (χ1) is 14.0. The van der Waals surface area contributed by atoms with E-state index in [1.807, 2.05) is 6.07 Å². The van der Waals surface area contributed by atoms with Gasteiger partial charge in [-0.15, -0.1) is 24.0 Å². The molecular weight excluding hydrogens is 519 g/mol. The maximum atomic E-state index is 12.7. The van der Waals surface area contributed by atoms with E-state index in [1.54, 1.807) is 26.3 Å². The molecule has 9 heteroatoms. The molecule has 1 heterocycles. The van der Waals surface area contributed by atoms with Gasteiger partial charge in [-0.2, -0.15) is 0 Å². The summed E-state index contributed by atoms with van der Waals surface area (Å²) in [5.41, 5.74) is 0.945. The summed E-state index contributed by atoms with van der Waals surface area (Å²) in [4.78, 5) is 31.0. The fraction of sp³-hybridized carbons (Fsp3) is 0.476. The van der Waals surface area contributed by atoms with Gasteiger partial charge in [0.15, 0.2) is 5.96 Å². The van der Waals surface area contributed by atoms with E-state index < -0.39 is 0 Å². The summed E-state index contributed by atoms with van der Waals surface area (Å²) >= 11 is 6.00. The highest BCUT2D eigenvalue weighted by Gasteiger charge is 2.58. The molecule has 0 radical (unpaired) electrons. The van der Waals surface area contributed by atoms with Crippen LogP contribution in [-0.2, 0) is 16.1 Å². The molecule has 2 fully saturated rings. The second-order valence-electron chi connectivity index (χ2n) is 7.64. The van der Waals surface area contributed by atoms with Crippen LogP contribution in [0.1, 0.15) is 12.0 Å². The van der Waals surface area contributed by atoms with Crippen molar-refractivity contribution >= 4 is 53.4 Å². The SMILES string of the molecule is CN=C(NCCN1C(=O)C2C3C=CC(C3)C2C1=O)NCc1ccc(Cl)cc1OC.I. The van der Waals surface area contributed by atoms with Gasteiger partial charge in [0.2, 0.25) is 11.8 Å². The van der Waals surface area contributed by atoms with Crippen LogP contribution >= 0.6 is 35.6 Å². The third kappa shape index (κ3) is 4.16. The Morgan fingerprint density at radius 3 is 2.47 bits per heavy atom. The van der Waals surface area contributed by atoms with Crippen molar-refractivity contribution in [3.05, 3.63) is 40.9 Å². The molecule has 1 saturated heterocycles. The zero-order valence-corrected chi connectivity index (χ0v) is 20.0. The number of nitrogens with one attached hydrogen (secondary N) is 2. The molecule has 1 saturated carbocycles. The van der Waals surface area contributed by atoms with Gasteiger partial charge >= 0.3 is 0 Å². The molecule has 0 aromatic heterocycles. The van der Waals surface area contributed by atoms with Gasteiger partial charge < -0.3 is 15.4 Å². The van der Waals surface area contributed by atoms with Crippen molar-refractivity contribution in [2.45, 2.75) is 13.0 Å². The molecular formula is C21H26ClIN4O3. The smallest absolute Gasteiger partial charge is 0.233 e. The Balaban J connectivity index is 0.00000256. The summed E-state index contributed by atoms with van der Waals surface area (Å²) in [6.07, 6.45) is 5.16. The van der Waals surface area contributed by atoms with E-state index in [1.165, 1.54) is 4.90 Å². The molecule has 1 aliphatic heterocycles. The van der Waals surface area contributed by atoms with Crippen LogP contribution in [-0.4, -0.2) is 49.9 Å². The molecule has 2 bridgehead atoms. The van der Waals surface area contributed by atoms with Crippen molar-refractivity contribution in [3.8, 4) is 5.75 Å². The van der Waals surface area contributed by atoms with E-state index >= 15 is 0 Å². The van der Waals surface area contributed by atoms with Crippen LogP contribution < -0.4 is 15.4 Å². The van der Waals surface area contributed by atoms with E-state index in [9.17, 15) is 9.59 Å². The van der Waals surface area contributed by atoms with Crippen LogP contribution in [0, 0.1) is 23.7 Å². The fourth-order valence-corrected chi connectivity index (χ4v) is 4.90. The number of benzene rings is 1. The molecule has 1 aromatic rings. The number of fused-ring (bicyclic) bond motifs is 5. The largest absolute Gasteiger partial charge is 0.496 e. The van der Waals surface area contributed by atoms with Gasteiger partial charge in [-0.05, 0) is 30.4 Å². The maximum absolute atomic E-state index is 12.7. The molecule has 2 aliphatic carbocycles. The lowest BCUT2D eigenvalue weighted by molar-refractivity contribution is -0.140. The van der Waals surface area contributed by atoms with Gasteiger partial charge in [-0.25, -0.2) is 0 Å². The van der Waals surface area contributed by atoms with Crippen molar-refractivity contribution in [1.82, 2.24) is 15.5 Å². The molecule has 4 atom stereocenters. The van der Waals surface area contributed by atoms with E-state index in [4.69, 9.17) is 16.3 Å². The summed E-state index contributed by atoms with van der Waals surface area (Å²) in [6.45, 7) is 1.28. The Hall–Kier alpha value is -1.81. The number of halogens is 2. The summed E-state index contributed by atoms with van der Waals surface area (Å²) in [6, 6.07) is 5.46. The number of hydrogen-bond donors (Lipinski definition) is 2. The number of carbonyl (C=O) groups is 2. The van der Waals surface area contributed by atoms with Gasteiger partial charge in [0, 0.05) is 37.3 Å². The Labute approximate surface area is 198 Å². The number of hydrogen-bond acceptors (Lipinski definition) is 4. The number of carbonyl (C=O) groups excluding carboxylic acids is 2. The summed E-state index contributed by atoms with van der Waals surface area (Å²) in [7, 11) is 3.28. The van der Waals surface area contributed by atoms with Crippen molar-refractivity contribution < 1.29 is 14.3 Å². The number of amides is 2. The standard InChI is InChI=1S/C21H25ClN4O3.HI/c1-23-21(25-11-14-5-6-15(22)10-16(14)29-2)24-7-8-26-19(27)17-12-3-4-13(9-12)18(17)20(26)28;/h3-6,10,12-13,17-18H,7-9,11H2,1-2H3,(H2,23,24,25);1H. The first-order valence-electron chi connectivity index (χ1n) is 9.84. The quantitative estimate of drug-likeness (QED) is 0.189. The van der Waals surface area contributed by atoms with Crippen molar-refractivity contribution in [2.24, 2.45) is 28.7 Å². The molecule has 30 heavy (non-hydrogen) atoms. The number of rotatable bonds is 6. The third-order valence-electron chi connectivity index (χ3n) is 6.11. The molecule has 7 nitrogen and oxygen atoms in total. The first kappa shape index (κ1) is 22.9. The Morgan fingerprint density at radius 2 is 1.87 bits per heavy atom. The number of likely N-dealkylation sites (tertiary alicyclic amines) is 1. The Kier molecular flexibility index (Phi) is 7.28. The molecule has 4 unspecified atom stereocenters. The van der Waals surface area contributed by atoms with E-state index in [0.717, 1.165) is 12.0 Å². The normalized spacial score (nSPS) is 26.6. The van der Waals surface area contributed by atoms with Crippen LogP contribution in [0.3, 0.4) is 0 Å². The fourth-order valence-electron chi connectivity index (χ4n) is 4.73. The van der Waals surface area contributed by atoms with E-state index in [2.05, 4.69) is 27.8 Å². The number of ether oxygens (including phenoxy) is 1. The van der Waals surface area contributed by atoms with Gasteiger partial charge in [0.1, 0.15) is 5.75 Å². The predicted octanol–water partition coefficient (Wildman–Crippen LogP) is 2.44. The van der Waals surface area contributed by atoms with Crippen LogP contribution in [0.4, 0.5) is 0 Å². The number of imide groups is 1. The molecule has 0 spiro atoms. The van der Waals surface area contributed by atoms with Gasteiger partial charge in [0.25, 0.3) is 0 Å². The summed E-state index contributed by atoms with van der Waals surface area (Å²) in [5, 5.41) is 6.99. The monoisotopic (exact) mass is 544 g/mol. The lowest BCUT2D eigenvalue weighted by atomic mass is 9.85. The van der Waals surface area contributed by atoms with Crippen LogP contribution in [0.25, 0.3) is 0 Å². The summed E-state index contributed by atoms with van der Waals surface area (Å²) in [5.74, 6) is 1.43. The predicted molar refractivity (Wildman–Crippen MR) is 126 cm³/mol. The van der Waals surface area contributed by atoms with Crippen LogP contribution in [0.2, 0.25) is 5.02 Å². The Morgan fingerprint density at radius 1 is 1.20 bits per heavy atom. The van der Waals surface area contributed by atoms with Crippen LogP contribution in [0.5, 0.6) is 5.75 Å². The molecule has 3 aliphatic rings. The number of nitrogens with zero attached hydrogens (tertiary/aromatic N) is 2. The minimum Gasteiger partial charge on any atom is -0.496 e. The minimum absolute atomic E-state index is 0. The second-order valence-corrected chi connectivity index (χ2v) is 8.07. The van der Waals surface area contributed by atoms with E-state index in [0.29, 0.717) is 36.4 Å². The minimum atomic E-state index is -0.146. The first-order valence-corrected chi connectivity index (χ1v) is 10.2. The number of guanidine groups is 1. The Bertz CT molecular complexity index is 861.